The van der Waals surface area contributed by atoms with Crippen LogP contribution in [-0.2, 0) is 14.1 Å². The summed E-state index contributed by atoms with van der Waals surface area (Å²) >= 11 is 1.22. The first-order valence-corrected chi connectivity index (χ1v) is 10.3. The molecule has 1 aliphatic heterocycles. The predicted octanol–water partition coefficient (Wildman–Crippen LogP) is 4.13. The normalized spacial score (nSPS) is 18.6. The molecule has 1 N–H and O–H groups in total. The number of carbonyl (C=O) groups excluding carboxylic acids is 1. The second kappa shape index (κ2) is 7.54. The second-order valence-corrected chi connectivity index (χ2v) is 9.36. The maximum atomic E-state index is 12.3. The highest BCUT2D eigenvalue weighted by Crippen LogP contribution is 2.39. The molecule has 0 amide bonds. The summed E-state index contributed by atoms with van der Waals surface area (Å²) in [6.07, 6.45) is 1.96. The van der Waals surface area contributed by atoms with Gasteiger partial charge in [0, 0.05) is 35.3 Å². The van der Waals surface area contributed by atoms with E-state index in [1.54, 1.807) is 13.0 Å². The van der Waals surface area contributed by atoms with Gasteiger partial charge in [0.1, 0.15) is 0 Å². The van der Waals surface area contributed by atoms with Crippen molar-refractivity contribution in [2.24, 2.45) is 0 Å². The van der Waals surface area contributed by atoms with E-state index in [2.05, 4.69) is 4.98 Å². The Morgan fingerprint density at radius 3 is 2.43 bits per heavy atom. The lowest BCUT2D eigenvalue weighted by molar-refractivity contribution is -0.109. The Balaban J connectivity index is 2.01. The summed E-state index contributed by atoms with van der Waals surface area (Å²) in [5.41, 5.74) is 2.43. The van der Waals surface area contributed by atoms with E-state index in [9.17, 15) is 9.59 Å². The first-order chi connectivity index (χ1) is 13.0. The Hall–Kier alpha value is -1.83. The second-order valence-electron chi connectivity index (χ2n) is 8.21. The minimum absolute atomic E-state index is 0.0169. The highest BCUT2D eigenvalue weighted by molar-refractivity contribution is 8.13. The van der Waals surface area contributed by atoms with Gasteiger partial charge in [-0.3, -0.25) is 9.59 Å². The zero-order valence-electron chi connectivity index (χ0n) is 17.2. The van der Waals surface area contributed by atoms with Crippen LogP contribution < -0.4 is 5.43 Å². The van der Waals surface area contributed by atoms with Crippen molar-refractivity contribution in [1.82, 2.24) is 4.98 Å². The molecule has 1 aromatic heterocycles. The monoisotopic (exact) mass is 399 g/mol. The Labute approximate surface area is 170 Å². The molecule has 0 atom stereocenters. The molecule has 28 heavy (non-hydrogen) atoms. The molecule has 2 heterocycles. The molecule has 1 aromatic carbocycles. The molecule has 148 valence electrons. The van der Waals surface area contributed by atoms with Crippen molar-refractivity contribution < 1.29 is 14.1 Å². The van der Waals surface area contributed by atoms with Gasteiger partial charge in [-0.1, -0.05) is 23.9 Å². The van der Waals surface area contributed by atoms with Crippen LogP contribution in [0.5, 0.6) is 0 Å². The zero-order valence-corrected chi connectivity index (χ0v) is 18.0. The number of carbonyl (C=O) groups is 1. The van der Waals surface area contributed by atoms with Crippen LogP contribution in [-0.4, -0.2) is 34.2 Å². The van der Waals surface area contributed by atoms with E-state index < -0.39 is 18.3 Å². The molecular formula is C21H26BNO4S. The van der Waals surface area contributed by atoms with E-state index >= 15 is 0 Å². The van der Waals surface area contributed by atoms with Gasteiger partial charge in [-0.15, -0.1) is 0 Å². The number of nitrogens with one attached hydrogen (secondary N) is 1. The molecule has 7 heteroatoms. The number of rotatable bonds is 4. The van der Waals surface area contributed by atoms with Crippen molar-refractivity contribution in [3.8, 4) is 0 Å². The summed E-state index contributed by atoms with van der Waals surface area (Å²) in [6, 6.07) is 7.30. The van der Waals surface area contributed by atoms with E-state index in [0.717, 1.165) is 22.2 Å². The molecule has 0 saturated carbocycles. The van der Waals surface area contributed by atoms with Gasteiger partial charge >= 0.3 is 7.12 Å². The number of thioether (sulfide) groups is 1. The molecule has 0 aliphatic carbocycles. The zero-order chi connectivity index (χ0) is 20.7. The number of aromatic amines is 1. The number of aromatic nitrogens is 1. The first-order valence-electron chi connectivity index (χ1n) is 9.32. The summed E-state index contributed by atoms with van der Waals surface area (Å²) in [4.78, 5) is 27.1. The van der Waals surface area contributed by atoms with Crippen LogP contribution in [0.4, 0.5) is 0 Å². The molecule has 3 rings (SSSR count). The molecule has 0 unspecified atom stereocenters. The maximum Gasteiger partial charge on any atom is 0.491 e. The number of aryl methyl sites for hydroxylation is 1. The molecule has 1 fully saturated rings. The number of pyridine rings is 1. The van der Waals surface area contributed by atoms with Crippen LogP contribution in [0.1, 0.15) is 45.9 Å². The molecule has 1 aliphatic rings. The van der Waals surface area contributed by atoms with Gasteiger partial charge in [0.2, 0.25) is 0 Å². The van der Waals surface area contributed by atoms with E-state index in [1.165, 1.54) is 11.8 Å². The summed E-state index contributed by atoms with van der Waals surface area (Å²) in [5.74, 6) is 0.467. The van der Waals surface area contributed by atoms with E-state index in [1.807, 2.05) is 58.9 Å². The molecule has 0 spiro atoms. The van der Waals surface area contributed by atoms with Crippen LogP contribution in [0.15, 0.2) is 34.5 Å². The summed E-state index contributed by atoms with van der Waals surface area (Å²) in [6.45, 7) is 11.4. The van der Waals surface area contributed by atoms with Crippen molar-refractivity contribution in [3.63, 3.8) is 0 Å². The maximum absolute atomic E-state index is 12.3. The highest BCUT2D eigenvalue weighted by Gasteiger charge is 2.52. The fraction of sp³-hybridized carbons (Fsp3) is 0.429. The molecule has 1 saturated heterocycles. The SMILES string of the molecule is CC(=O)SCC(=Cc1ccc2[nH]c(C)cc(=O)c2c1)B1OC(C)(C)C(C)(C)O1. The van der Waals surface area contributed by atoms with E-state index in [-0.39, 0.29) is 10.5 Å². The topological polar surface area (TPSA) is 68.4 Å². The van der Waals surface area contributed by atoms with Gasteiger partial charge in [0.15, 0.2) is 10.5 Å². The third-order valence-corrected chi connectivity index (χ3v) is 6.22. The van der Waals surface area contributed by atoms with Crippen LogP contribution in [0.2, 0.25) is 0 Å². The number of fused-ring (bicyclic) bond motifs is 1. The Morgan fingerprint density at radius 1 is 1.18 bits per heavy atom. The average Bonchev–Trinajstić information content (AvgIpc) is 2.79. The number of hydrogen-bond donors (Lipinski definition) is 1. The van der Waals surface area contributed by atoms with E-state index in [4.69, 9.17) is 9.31 Å². The summed E-state index contributed by atoms with van der Waals surface area (Å²) in [7, 11) is -0.538. The first kappa shape index (κ1) is 20.9. The molecule has 0 bridgehead atoms. The van der Waals surface area contributed by atoms with Crippen molar-refractivity contribution in [1.29, 1.82) is 0 Å². The van der Waals surface area contributed by atoms with Gasteiger partial charge in [0.05, 0.1) is 11.2 Å². The van der Waals surface area contributed by atoms with Gasteiger partial charge in [-0.2, -0.15) is 0 Å². The fourth-order valence-electron chi connectivity index (χ4n) is 3.06. The smallest absolute Gasteiger partial charge is 0.400 e. The Morgan fingerprint density at radius 2 is 1.82 bits per heavy atom. The van der Waals surface area contributed by atoms with Crippen molar-refractivity contribution in [2.75, 3.05) is 5.75 Å². The van der Waals surface area contributed by atoms with Crippen molar-refractivity contribution >= 4 is 41.0 Å². The van der Waals surface area contributed by atoms with E-state index in [0.29, 0.717) is 11.1 Å². The molecule has 5 nitrogen and oxygen atoms in total. The number of H-pyrrole nitrogens is 1. The van der Waals surface area contributed by atoms with Crippen molar-refractivity contribution in [2.45, 2.75) is 52.7 Å². The minimum Gasteiger partial charge on any atom is -0.400 e. The highest BCUT2D eigenvalue weighted by atomic mass is 32.2. The lowest BCUT2D eigenvalue weighted by atomic mass is 9.78. The molecule has 2 aromatic rings. The van der Waals surface area contributed by atoms with Gasteiger partial charge < -0.3 is 14.3 Å². The number of hydrogen-bond acceptors (Lipinski definition) is 5. The average molecular weight is 399 g/mol. The number of benzene rings is 1. The van der Waals surface area contributed by atoms with Crippen LogP contribution in [0.3, 0.4) is 0 Å². The lowest BCUT2D eigenvalue weighted by Gasteiger charge is -2.32. The van der Waals surface area contributed by atoms with Gasteiger partial charge in [-0.05, 0) is 57.8 Å². The van der Waals surface area contributed by atoms with Crippen LogP contribution in [0.25, 0.3) is 17.0 Å². The third-order valence-electron chi connectivity index (χ3n) is 5.34. The predicted molar refractivity (Wildman–Crippen MR) is 117 cm³/mol. The Bertz CT molecular complexity index is 993. The molecule has 0 radical (unpaired) electrons. The largest absolute Gasteiger partial charge is 0.491 e. The standard InChI is InChI=1S/C21H26BNO4S/c1-13-9-19(25)17-11-15(7-8-18(17)23-13)10-16(12-28-14(2)24)22-26-20(3,4)21(5,6)27-22/h7-11H,12H2,1-6H3,(H,23,25). The van der Waals surface area contributed by atoms with Gasteiger partial charge in [0.25, 0.3) is 0 Å². The lowest BCUT2D eigenvalue weighted by Crippen LogP contribution is -2.41. The molecular weight excluding hydrogens is 373 g/mol. The van der Waals surface area contributed by atoms with Crippen molar-refractivity contribution in [3.05, 3.63) is 51.2 Å². The van der Waals surface area contributed by atoms with Crippen LogP contribution >= 0.6 is 11.8 Å². The van der Waals surface area contributed by atoms with Gasteiger partial charge in [-0.25, -0.2) is 0 Å². The van der Waals surface area contributed by atoms with Crippen LogP contribution in [0, 0.1) is 6.92 Å². The quantitative estimate of drug-likeness (QED) is 0.783. The summed E-state index contributed by atoms with van der Waals surface area (Å²) in [5, 5.41) is 0.666. The fourth-order valence-corrected chi connectivity index (χ4v) is 3.65. The summed E-state index contributed by atoms with van der Waals surface area (Å²) < 4.78 is 12.3. The Kier molecular flexibility index (Phi) is 5.63. The third kappa shape index (κ3) is 4.26. The minimum atomic E-state index is -0.538.